The van der Waals surface area contributed by atoms with Crippen LogP contribution in [0.15, 0.2) is 47.4 Å². The molecule has 0 radical (unpaired) electrons. The fourth-order valence-electron chi connectivity index (χ4n) is 7.13. The van der Waals surface area contributed by atoms with Crippen LogP contribution in [0.25, 0.3) is 33.2 Å². The van der Waals surface area contributed by atoms with E-state index >= 15 is 0 Å². The third-order valence-corrected chi connectivity index (χ3v) is 9.54. The van der Waals surface area contributed by atoms with Crippen molar-refractivity contribution >= 4 is 45.6 Å². The molecule has 1 N–H and O–H groups in total. The van der Waals surface area contributed by atoms with E-state index in [1.165, 1.54) is 0 Å². The SMILES string of the molecule is COc1ccc(Cn2nc3nc(N4[C@@H]5CC[C@H]4C[C@@H](NC(=O)OC(C)(C)C)C5)n(C)c(=O)c3c2-c2ccc3nn(C)cc3c2Cl)cc1. The monoisotopic (exact) mass is 658 g/mol. The van der Waals surface area contributed by atoms with E-state index in [4.69, 9.17) is 31.2 Å². The van der Waals surface area contributed by atoms with Gasteiger partial charge in [-0.05, 0) is 76.3 Å². The molecule has 2 fully saturated rings. The Morgan fingerprint density at radius 2 is 1.74 bits per heavy atom. The highest BCUT2D eigenvalue weighted by molar-refractivity contribution is 6.38. The van der Waals surface area contributed by atoms with Gasteiger partial charge < -0.3 is 19.7 Å². The fourth-order valence-corrected chi connectivity index (χ4v) is 7.43. The van der Waals surface area contributed by atoms with E-state index < -0.39 is 11.7 Å². The summed E-state index contributed by atoms with van der Waals surface area (Å²) in [6, 6.07) is 11.8. The number of piperidine rings is 1. The summed E-state index contributed by atoms with van der Waals surface area (Å²) in [6.45, 7) is 5.96. The molecule has 246 valence electrons. The van der Waals surface area contributed by atoms with Gasteiger partial charge in [0.1, 0.15) is 16.7 Å². The van der Waals surface area contributed by atoms with E-state index in [2.05, 4.69) is 15.3 Å². The Kier molecular flexibility index (Phi) is 7.65. The molecule has 3 atom stereocenters. The number of methoxy groups -OCH3 is 1. The van der Waals surface area contributed by atoms with Crippen molar-refractivity contribution in [3.05, 3.63) is 63.5 Å². The van der Waals surface area contributed by atoms with Crippen LogP contribution < -0.4 is 20.5 Å². The highest BCUT2D eigenvalue weighted by Gasteiger charge is 2.43. The van der Waals surface area contributed by atoms with E-state index in [-0.39, 0.29) is 23.7 Å². The van der Waals surface area contributed by atoms with Gasteiger partial charge in [0, 0.05) is 49.4 Å². The number of amides is 1. The number of hydrogen-bond donors (Lipinski definition) is 1. The van der Waals surface area contributed by atoms with Gasteiger partial charge in [0.15, 0.2) is 5.65 Å². The summed E-state index contributed by atoms with van der Waals surface area (Å²) >= 11 is 7.05. The number of benzene rings is 2. The minimum Gasteiger partial charge on any atom is -0.497 e. The van der Waals surface area contributed by atoms with Crippen LogP contribution >= 0.6 is 11.6 Å². The number of fused-ring (bicyclic) bond motifs is 4. The first-order valence-corrected chi connectivity index (χ1v) is 16.3. The van der Waals surface area contributed by atoms with Crippen LogP contribution in [-0.4, -0.2) is 66.0 Å². The van der Waals surface area contributed by atoms with Gasteiger partial charge in [-0.3, -0.25) is 18.7 Å². The third kappa shape index (κ3) is 5.68. The Bertz CT molecular complexity index is 2050. The Labute approximate surface area is 277 Å². The molecule has 0 aliphatic carbocycles. The minimum atomic E-state index is -0.565. The second kappa shape index (κ2) is 11.6. The maximum absolute atomic E-state index is 14.4. The van der Waals surface area contributed by atoms with Crippen molar-refractivity contribution in [2.45, 2.75) is 76.7 Å². The van der Waals surface area contributed by atoms with Crippen LogP contribution in [0.2, 0.25) is 5.02 Å². The van der Waals surface area contributed by atoms with Crippen LogP contribution in [0.4, 0.5) is 10.7 Å². The zero-order valence-electron chi connectivity index (χ0n) is 27.5. The number of alkyl carbamates (subject to hydrolysis) is 1. The molecule has 5 heterocycles. The number of ether oxygens (including phenoxy) is 2. The van der Waals surface area contributed by atoms with Crippen LogP contribution in [0.1, 0.15) is 52.0 Å². The summed E-state index contributed by atoms with van der Waals surface area (Å²) < 4.78 is 16.0. The van der Waals surface area contributed by atoms with Crippen molar-refractivity contribution in [3.63, 3.8) is 0 Å². The molecular formula is C34H39ClN8O4. The molecule has 0 saturated carbocycles. The van der Waals surface area contributed by atoms with Crippen molar-refractivity contribution < 1.29 is 14.3 Å². The lowest BCUT2D eigenvalue weighted by Gasteiger charge is -2.40. The van der Waals surface area contributed by atoms with Gasteiger partial charge >= 0.3 is 6.09 Å². The molecule has 2 aliphatic heterocycles. The van der Waals surface area contributed by atoms with Crippen molar-refractivity contribution in [1.29, 1.82) is 0 Å². The van der Waals surface area contributed by atoms with Gasteiger partial charge in [0.25, 0.3) is 5.56 Å². The van der Waals surface area contributed by atoms with Gasteiger partial charge in [-0.1, -0.05) is 23.7 Å². The average Bonchev–Trinajstić information content (AvgIpc) is 3.65. The first-order chi connectivity index (χ1) is 22.4. The topological polar surface area (TPSA) is 121 Å². The third-order valence-electron chi connectivity index (χ3n) is 9.13. The quantitative estimate of drug-likeness (QED) is 0.257. The van der Waals surface area contributed by atoms with Crippen molar-refractivity contribution in [3.8, 4) is 17.0 Å². The number of hydrogen-bond acceptors (Lipinski definition) is 8. The molecular weight excluding hydrogens is 620 g/mol. The second-order valence-electron chi connectivity index (χ2n) is 13.6. The number of nitrogens with zero attached hydrogens (tertiary/aromatic N) is 7. The minimum absolute atomic E-state index is 0.0146. The molecule has 3 aromatic heterocycles. The predicted molar refractivity (Wildman–Crippen MR) is 181 cm³/mol. The second-order valence-corrected chi connectivity index (χ2v) is 14.0. The van der Waals surface area contributed by atoms with Gasteiger partial charge in [-0.2, -0.15) is 15.2 Å². The number of halogens is 1. The first kappa shape index (κ1) is 31.0. The summed E-state index contributed by atoms with van der Waals surface area (Å²) in [5.74, 6) is 1.34. The van der Waals surface area contributed by atoms with Crippen LogP contribution in [0.3, 0.4) is 0 Å². The predicted octanol–water partition coefficient (Wildman–Crippen LogP) is 5.42. The number of anilines is 1. The molecule has 0 spiro atoms. The maximum atomic E-state index is 14.4. The highest BCUT2D eigenvalue weighted by atomic mass is 35.5. The number of aryl methyl sites for hydroxylation is 1. The van der Waals surface area contributed by atoms with E-state index in [0.29, 0.717) is 39.8 Å². The van der Waals surface area contributed by atoms with E-state index in [0.717, 1.165) is 47.9 Å². The molecule has 2 saturated heterocycles. The lowest BCUT2D eigenvalue weighted by atomic mass is 9.98. The number of carbonyl (C=O) groups excluding carboxylic acids is 1. The van der Waals surface area contributed by atoms with Gasteiger partial charge in [0.2, 0.25) is 5.95 Å². The standard InChI is InChI=1S/C34H39ClN8O4/c1-34(2,3)47-33(45)36-20-15-21-9-10-22(16-20)43(21)32-37-30-27(31(44)41(32)5)29(24-13-14-26-25(28(24)35)18-40(4)38-26)42(39-30)17-19-7-11-23(46-6)12-8-19/h7-8,11-14,18,20-22H,9-10,15-17H2,1-6H3,(H,36,45)/t20-,21+,22-. The molecule has 13 heteroatoms. The summed E-state index contributed by atoms with van der Waals surface area (Å²) in [6.07, 6.45) is 4.84. The Morgan fingerprint density at radius 3 is 2.40 bits per heavy atom. The molecule has 2 bridgehead atoms. The van der Waals surface area contributed by atoms with E-state index in [9.17, 15) is 9.59 Å². The van der Waals surface area contributed by atoms with Gasteiger partial charge in [-0.25, -0.2) is 4.79 Å². The fraction of sp³-hybridized carbons (Fsp3) is 0.441. The van der Waals surface area contributed by atoms with Crippen LogP contribution in [0.5, 0.6) is 5.75 Å². The molecule has 5 aromatic rings. The molecule has 1 amide bonds. The van der Waals surface area contributed by atoms with E-state index in [1.807, 2.05) is 75.1 Å². The number of rotatable bonds is 6. The molecule has 0 unspecified atom stereocenters. The lowest BCUT2D eigenvalue weighted by molar-refractivity contribution is 0.0492. The Hall–Kier alpha value is -4.58. The Balaban J connectivity index is 1.30. The van der Waals surface area contributed by atoms with Crippen molar-refractivity contribution in [2.75, 3.05) is 12.0 Å². The maximum Gasteiger partial charge on any atom is 0.407 e. The molecule has 7 rings (SSSR count). The zero-order valence-corrected chi connectivity index (χ0v) is 28.2. The summed E-state index contributed by atoms with van der Waals surface area (Å²) in [4.78, 5) is 34.2. The largest absolute Gasteiger partial charge is 0.497 e. The molecule has 2 aromatic carbocycles. The number of nitrogens with one attached hydrogen (secondary N) is 1. The van der Waals surface area contributed by atoms with E-state index in [1.54, 1.807) is 23.4 Å². The summed E-state index contributed by atoms with van der Waals surface area (Å²) in [5.41, 5.74) is 2.64. The van der Waals surface area contributed by atoms with Crippen LogP contribution in [-0.2, 0) is 25.4 Å². The zero-order chi connectivity index (χ0) is 33.2. The highest BCUT2D eigenvalue weighted by Crippen LogP contribution is 2.40. The molecule has 2 aliphatic rings. The summed E-state index contributed by atoms with van der Waals surface area (Å²) in [5, 5.41) is 14.2. The Morgan fingerprint density at radius 1 is 1.04 bits per heavy atom. The average molecular weight is 659 g/mol. The number of carbonyl (C=O) groups is 1. The molecule has 47 heavy (non-hydrogen) atoms. The lowest BCUT2D eigenvalue weighted by Crippen LogP contribution is -2.52. The van der Waals surface area contributed by atoms with Crippen molar-refractivity contribution in [2.24, 2.45) is 14.1 Å². The normalized spacial score (nSPS) is 19.5. The molecule has 12 nitrogen and oxygen atoms in total. The summed E-state index contributed by atoms with van der Waals surface area (Å²) in [7, 11) is 5.25. The smallest absolute Gasteiger partial charge is 0.407 e. The first-order valence-electron chi connectivity index (χ1n) is 15.9. The van der Waals surface area contributed by atoms with Crippen LogP contribution in [0, 0.1) is 0 Å². The van der Waals surface area contributed by atoms with Gasteiger partial charge in [-0.15, -0.1) is 0 Å². The number of aromatic nitrogens is 6. The van der Waals surface area contributed by atoms with Crippen molar-refractivity contribution in [1.82, 2.24) is 34.4 Å². The van der Waals surface area contributed by atoms with Gasteiger partial charge in [0.05, 0.1) is 29.9 Å².